The third kappa shape index (κ3) is 2.67. The van der Waals surface area contributed by atoms with Crippen LogP contribution in [-0.4, -0.2) is 56.3 Å². The van der Waals surface area contributed by atoms with E-state index >= 15 is 0 Å². The molecule has 2 saturated heterocycles. The van der Waals surface area contributed by atoms with Crippen LogP contribution >= 0.6 is 0 Å². The van der Waals surface area contributed by atoms with Crippen LogP contribution in [0.4, 0.5) is 0 Å². The van der Waals surface area contributed by atoms with Crippen LogP contribution in [0.15, 0.2) is 0 Å². The van der Waals surface area contributed by atoms with Gasteiger partial charge in [0.2, 0.25) is 0 Å². The maximum atomic E-state index is 12.3. The Balaban J connectivity index is 2.01. The molecule has 2 rings (SSSR count). The molecule has 2 heterocycles. The van der Waals surface area contributed by atoms with Gasteiger partial charge in [-0.05, 0) is 19.3 Å². The molecular weight excluding hydrogens is 256 g/mol. The van der Waals surface area contributed by atoms with Crippen LogP contribution in [0.1, 0.15) is 25.7 Å². The molecule has 0 amide bonds. The number of nitrogens with zero attached hydrogens (tertiary/aromatic N) is 2. The van der Waals surface area contributed by atoms with Gasteiger partial charge in [-0.15, -0.1) is 0 Å². The van der Waals surface area contributed by atoms with Crippen molar-refractivity contribution in [2.24, 2.45) is 5.92 Å². The highest BCUT2D eigenvalue weighted by Gasteiger charge is 2.38. The summed E-state index contributed by atoms with van der Waals surface area (Å²) in [7, 11) is -2.04. The fourth-order valence-corrected chi connectivity index (χ4v) is 4.31. The summed E-state index contributed by atoms with van der Waals surface area (Å²) < 4.78 is 32.3. The van der Waals surface area contributed by atoms with Gasteiger partial charge < -0.3 is 4.74 Å². The summed E-state index contributed by atoms with van der Waals surface area (Å²) in [5.41, 5.74) is 0. The molecule has 0 aromatic heterocycles. The lowest BCUT2D eigenvalue weighted by atomic mass is 10.1. The van der Waals surface area contributed by atoms with Crippen molar-refractivity contribution in [2.45, 2.75) is 25.7 Å². The number of hydrogen-bond donors (Lipinski definition) is 0. The number of esters is 1. The number of methoxy groups -OCH3 is 1. The number of ether oxygens (including phenoxy) is 1. The second-order valence-corrected chi connectivity index (χ2v) is 6.76. The quantitative estimate of drug-likeness (QED) is 0.691. The standard InChI is InChI=1S/C11H20N2O4S/c1-17-11(14)10-5-8-13(9-10)18(15,16)12-6-3-2-4-7-12/h10H,2-9H2,1H3. The van der Waals surface area contributed by atoms with Gasteiger partial charge in [0.25, 0.3) is 10.2 Å². The van der Waals surface area contributed by atoms with Gasteiger partial charge in [0, 0.05) is 26.2 Å². The van der Waals surface area contributed by atoms with E-state index in [2.05, 4.69) is 4.74 Å². The molecule has 18 heavy (non-hydrogen) atoms. The smallest absolute Gasteiger partial charge is 0.310 e. The summed E-state index contributed by atoms with van der Waals surface area (Å²) in [6, 6.07) is 0. The maximum absolute atomic E-state index is 12.3. The molecule has 104 valence electrons. The SMILES string of the molecule is COC(=O)C1CCN(S(=O)(=O)N2CCCCC2)C1. The molecule has 0 aliphatic carbocycles. The van der Waals surface area contributed by atoms with E-state index < -0.39 is 10.2 Å². The van der Waals surface area contributed by atoms with Crippen molar-refractivity contribution < 1.29 is 17.9 Å². The van der Waals surface area contributed by atoms with Gasteiger partial charge in [-0.3, -0.25) is 4.79 Å². The average molecular weight is 276 g/mol. The second kappa shape index (κ2) is 5.54. The molecule has 0 aromatic rings. The Labute approximate surface area is 108 Å². The molecule has 2 aliphatic rings. The van der Waals surface area contributed by atoms with Crippen molar-refractivity contribution in [1.82, 2.24) is 8.61 Å². The van der Waals surface area contributed by atoms with Gasteiger partial charge in [0.05, 0.1) is 13.0 Å². The summed E-state index contributed by atoms with van der Waals surface area (Å²) in [6.07, 6.45) is 3.50. The van der Waals surface area contributed by atoms with Crippen molar-refractivity contribution in [2.75, 3.05) is 33.3 Å². The highest BCUT2D eigenvalue weighted by molar-refractivity contribution is 7.86. The van der Waals surface area contributed by atoms with Crippen molar-refractivity contribution >= 4 is 16.2 Å². The van der Waals surface area contributed by atoms with Gasteiger partial charge >= 0.3 is 5.97 Å². The molecule has 6 nitrogen and oxygen atoms in total. The molecule has 2 aliphatic heterocycles. The predicted octanol–water partition coefficient (Wildman–Crippen LogP) is 0.212. The van der Waals surface area contributed by atoms with Crippen molar-refractivity contribution in [3.05, 3.63) is 0 Å². The molecule has 1 unspecified atom stereocenters. The number of carbonyl (C=O) groups is 1. The first-order valence-electron chi connectivity index (χ1n) is 6.39. The lowest BCUT2D eigenvalue weighted by molar-refractivity contribution is -0.144. The van der Waals surface area contributed by atoms with E-state index in [0.717, 1.165) is 19.3 Å². The Morgan fingerprint density at radius 1 is 1.11 bits per heavy atom. The Bertz CT molecular complexity index is 403. The van der Waals surface area contributed by atoms with E-state index in [9.17, 15) is 13.2 Å². The second-order valence-electron chi connectivity index (χ2n) is 4.83. The Morgan fingerprint density at radius 2 is 1.78 bits per heavy atom. The van der Waals surface area contributed by atoms with E-state index in [-0.39, 0.29) is 18.4 Å². The lowest BCUT2D eigenvalue weighted by Crippen LogP contribution is -2.45. The Morgan fingerprint density at radius 3 is 2.39 bits per heavy atom. The van der Waals surface area contributed by atoms with Crippen LogP contribution in [0.3, 0.4) is 0 Å². The van der Waals surface area contributed by atoms with E-state index in [0.29, 0.717) is 26.1 Å². The minimum atomic E-state index is -3.38. The van der Waals surface area contributed by atoms with Crippen molar-refractivity contribution in [3.8, 4) is 0 Å². The summed E-state index contributed by atoms with van der Waals surface area (Å²) in [6.45, 7) is 1.87. The van der Waals surface area contributed by atoms with Gasteiger partial charge in [-0.2, -0.15) is 17.0 Å². The topological polar surface area (TPSA) is 66.9 Å². The van der Waals surface area contributed by atoms with Crippen molar-refractivity contribution in [3.63, 3.8) is 0 Å². The van der Waals surface area contributed by atoms with Gasteiger partial charge in [0.15, 0.2) is 0 Å². The third-order valence-electron chi connectivity index (χ3n) is 3.65. The average Bonchev–Trinajstić information content (AvgIpc) is 2.89. The number of hydrogen-bond acceptors (Lipinski definition) is 4. The first-order chi connectivity index (χ1) is 8.55. The molecule has 7 heteroatoms. The Kier molecular flexibility index (Phi) is 4.24. The van der Waals surface area contributed by atoms with E-state index in [4.69, 9.17) is 0 Å². The molecule has 0 aromatic carbocycles. The fourth-order valence-electron chi connectivity index (χ4n) is 2.56. The maximum Gasteiger partial charge on any atom is 0.310 e. The molecule has 0 bridgehead atoms. The van der Waals surface area contributed by atoms with Crippen LogP contribution < -0.4 is 0 Å². The monoisotopic (exact) mass is 276 g/mol. The van der Waals surface area contributed by atoms with E-state index in [1.807, 2.05) is 0 Å². The van der Waals surface area contributed by atoms with E-state index in [1.165, 1.54) is 15.7 Å². The van der Waals surface area contributed by atoms with Crippen LogP contribution in [0.25, 0.3) is 0 Å². The number of rotatable bonds is 3. The first kappa shape index (κ1) is 13.8. The molecule has 2 fully saturated rings. The minimum absolute atomic E-state index is 0.255. The first-order valence-corrected chi connectivity index (χ1v) is 7.78. The van der Waals surface area contributed by atoms with Crippen LogP contribution in [0.2, 0.25) is 0 Å². The fraction of sp³-hybridized carbons (Fsp3) is 0.909. The molecule has 0 radical (unpaired) electrons. The minimum Gasteiger partial charge on any atom is -0.469 e. The zero-order valence-corrected chi connectivity index (χ0v) is 11.5. The third-order valence-corrected chi connectivity index (χ3v) is 5.66. The zero-order valence-electron chi connectivity index (χ0n) is 10.7. The summed E-state index contributed by atoms with van der Waals surface area (Å²) in [5.74, 6) is -0.624. The predicted molar refractivity (Wildman–Crippen MR) is 66.0 cm³/mol. The molecular formula is C11H20N2O4S. The van der Waals surface area contributed by atoms with Gasteiger partial charge in [-0.25, -0.2) is 0 Å². The summed E-state index contributed by atoms with van der Waals surface area (Å²) >= 11 is 0. The summed E-state index contributed by atoms with van der Waals surface area (Å²) in [5, 5.41) is 0. The van der Waals surface area contributed by atoms with Gasteiger partial charge in [-0.1, -0.05) is 6.42 Å². The largest absolute Gasteiger partial charge is 0.469 e. The highest BCUT2D eigenvalue weighted by Crippen LogP contribution is 2.24. The van der Waals surface area contributed by atoms with Crippen molar-refractivity contribution in [1.29, 1.82) is 0 Å². The molecule has 0 saturated carbocycles. The number of carbonyl (C=O) groups excluding carboxylic acids is 1. The zero-order chi connectivity index (χ0) is 13.2. The molecule has 1 atom stereocenters. The van der Waals surface area contributed by atoms with Gasteiger partial charge in [0.1, 0.15) is 0 Å². The van der Waals surface area contributed by atoms with Crippen LogP contribution in [0, 0.1) is 5.92 Å². The number of piperidine rings is 1. The van der Waals surface area contributed by atoms with Crippen LogP contribution in [-0.2, 0) is 19.7 Å². The van der Waals surface area contributed by atoms with Crippen LogP contribution in [0.5, 0.6) is 0 Å². The normalized spacial score (nSPS) is 27.3. The molecule has 0 spiro atoms. The Hall–Kier alpha value is -0.660. The van der Waals surface area contributed by atoms with E-state index in [1.54, 1.807) is 0 Å². The lowest BCUT2D eigenvalue weighted by Gasteiger charge is -2.29. The highest BCUT2D eigenvalue weighted by atomic mass is 32.2. The molecule has 0 N–H and O–H groups in total. The summed E-state index contributed by atoms with van der Waals surface area (Å²) in [4.78, 5) is 11.4.